The lowest BCUT2D eigenvalue weighted by Crippen LogP contribution is -2.51. The zero-order valence-corrected chi connectivity index (χ0v) is 23.7. The summed E-state index contributed by atoms with van der Waals surface area (Å²) in [7, 11) is 0. The summed E-state index contributed by atoms with van der Waals surface area (Å²) in [6.45, 7) is 20.9. The van der Waals surface area contributed by atoms with E-state index in [2.05, 4.69) is 24.5 Å². The van der Waals surface area contributed by atoms with E-state index in [1.54, 1.807) is 13.8 Å². The number of aliphatic hydroxyl groups is 5. The Bertz CT molecular complexity index is 533. The van der Waals surface area contributed by atoms with Crippen molar-refractivity contribution in [3.8, 4) is 0 Å². The van der Waals surface area contributed by atoms with Gasteiger partial charge in [0.2, 0.25) is 0 Å². The van der Waals surface area contributed by atoms with E-state index in [4.69, 9.17) is 0 Å². The predicted molar refractivity (Wildman–Crippen MR) is 145 cm³/mol. The molecule has 1 aliphatic rings. The summed E-state index contributed by atoms with van der Waals surface area (Å²) in [5.74, 6) is 0. The quantitative estimate of drug-likeness (QED) is 0.134. The number of nitrogens with zero attached hydrogens (tertiary/aromatic N) is 5. The third-order valence-corrected chi connectivity index (χ3v) is 6.69. The number of hydrogen-bond acceptors (Lipinski definition) is 10. The van der Waals surface area contributed by atoms with Gasteiger partial charge in [0, 0.05) is 98.2 Å². The third kappa shape index (κ3) is 16.4. The van der Waals surface area contributed by atoms with Gasteiger partial charge in [-0.3, -0.25) is 24.5 Å². The molecule has 0 aromatic carbocycles. The molecule has 10 nitrogen and oxygen atoms in total. The van der Waals surface area contributed by atoms with Crippen LogP contribution in [0, 0.1) is 0 Å². The van der Waals surface area contributed by atoms with Crippen LogP contribution in [-0.2, 0) is 0 Å². The zero-order valence-electron chi connectivity index (χ0n) is 23.7. The van der Waals surface area contributed by atoms with Gasteiger partial charge < -0.3 is 25.5 Å². The van der Waals surface area contributed by atoms with Crippen LogP contribution >= 0.6 is 0 Å². The molecule has 0 saturated carbocycles. The van der Waals surface area contributed by atoms with E-state index in [1.165, 1.54) is 0 Å². The number of β-amino-alcohol motifs (C(OH)–C–C–N with tert-alkyl or cyclic N) is 1. The molecule has 0 spiro atoms. The first-order valence-corrected chi connectivity index (χ1v) is 14.0. The van der Waals surface area contributed by atoms with E-state index in [1.807, 2.05) is 20.8 Å². The van der Waals surface area contributed by atoms with Crippen molar-refractivity contribution < 1.29 is 25.5 Å². The van der Waals surface area contributed by atoms with Gasteiger partial charge in [-0.2, -0.15) is 0 Å². The van der Waals surface area contributed by atoms with E-state index >= 15 is 0 Å². The number of aliphatic hydroxyl groups excluding tert-OH is 5. The van der Waals surface area contributed by atoms with Gasteiger partial charge in [-0.05, 0) is 34.1 Å². The third-order valence-electron chi connectivity index (χ3n) is 6.69. The van der Waals surface area contributed by atoms with E-state index in [0.717, 1.165) is 65.4 Å². The molecule has 0 aromatic heterocycles. The maximum absolute atomic E-state index is 10.1. The average molecular weight is 520 g/mol. The highest BCUT2D eigenvalue weighted by molar-refractivity contribution is 4.76. The van der Waals surface area contributed by atoms with Gasteiger partial charge in [-0.15, -0.1) is 0 Å². The van der Waals surface area contributed by atoms with Crippen LogP contribution < -0.4 is 0 Å². The summed E-state index contributed by atoms with van der Waals surface area (Å²) >= 11 is 0. The van der Waals surface area contributed by atoms with Gasteiger partial charge in [-0.25, -0.2) is 0 Å². The maximum Gasteiger partial charge on any atom is 0.0664 e. The Kier molecular flexibility index (Phi) is 17.5. The van der Waals surface area contributed by atoms with Crippen LogP contribution in [0.3, 0.4) is 0 Å². The molecule has 0 aromatic rings. The maximum atomic E-state index is 10.1. The van der Waals surface area contributed by atoms with Crippen molar-refractivity contribution in [3.63, 3.8) is 0 Å². The summed E-state index contributed by atoms with van der Waals surface area (Å²) in [6.07, 6.45) is -1.34. The van der Waals surface area contributed by atoms with Gasteiger partial charge in [0.25, 0.3) is 0 Å². The normalized spacial score (nSPS) is 20.2. The number of rotatable bonds is 20. The molecule has 0 aliphatic carbocycles. The minimum Gasteiger partial charge on any atom is -0.392 e. The van der Waals surface area contributed by atoms with Gasteiger partial charge in [0.15, 0.2) is 0 Å². The van der Waals surface area contributed by atoms with Gasteiger partial charge in [0.05, 0.1) is 30.5 Å². The minimum absolute atomic E-state index is 0.293. The fourth-order valence-electron chi connectivity index (χ4n) is 4.81. The van der Waals surface area contributed by atoms with Crippen LogP contribution in [0.5, 0.6) is 0 Å². The lowest BCUT2D eigenvalue weighted by Gasteiger charge is -2.37. The molecular weight excluding hydrogens is 462 g/mol. The molecule has 5 unspecified atom stereocenters. The highest BCUT2D eigenvalue weighted by Crippen LogP contribution is 2.05. The second-order valence-electron chi connectivity index (χ2n) is 11.0. The molecule has 0 radical (unpaired) electrons. The predicted octanol–water partition coefficient (Wildman–Crippen LogP) is -1.20. The molecule has 1 heterocycles. The van der Waals surface area contributed by atoms with Gasteiger partial charge in [-0.1, -0.05) is 6.92 Å². The summed E-state index contributed by atoms with van der Waals surface area (Å²) in [4.78, 5) is 11.4. The van der Waals surface area contributed by atoms with Crippen molar-refractivity contribution in [1.29, 1.82) is 0 Å². The Morgan fingerprint density at radius 2 is 0.972 bits per heavy atom. The standard InChI is InChI=1S/C26H57N5O5/c1-6-26(36)21-31(20-25(5)35)16-15-30(19-24(4)34)14-13-29(18-23(3)33)12-9-27-7-10-28(11-8-27)17-22(2)32/h22-26,32-36H,6-21H2,1-5H3. The highest BCUT2D eigenvalue weighted by Gasteiger charge is 2.20. The summed E-state index contributed by atoms with van der Waals surface area (Å²) < 4.78 is 0. The van der Waals surface area contributed by atoms with E-state index in [0.29, 0.717) is 39.1 Å². The monoisotopic (exact) mass is 519 g/mol. The Morgan fingerprint density at radius 3 is 1.42 bits per heavy atom. The zero-order chi connectivity index (χ0) is 27.1. The summed E-state index contributed by atoms with van der Waals surface area (Å²) in [6, 6.07) is 0. The Labute approximate surface area is 220 Å². The molecule has 0 amide bonds. The molecule has 216 valence electrons. The first-order chi connectivity index (χ1) is 17.0. The average Bonchev–Trinajstić information content (AvgIpc) is 2.78. The molecule has 1 fully saturated rings. The molecular formula is C26H57N5O5. The first kappa shape index (κ1) is 33.6. The van der Waals surface area contributed by atoms with Crippen molar-refractivity contribution in [2.24, 2.45) is 0 Å². The Morgan fingerprint density at radius 1 is 0.556 bits per heavy atom. The van der Waals surface area contributed by atoms with E-state index in [9.17, 15) is 25.5 Å². The molecule has 1 saturated heterocycles. The SMILES string of the molecule is CCC(O)CN(CCN(CCN(CCN1CCN(CC(C)O)CC1)CC(C)O)CC(C)O)CC(C)O. The van der Waals surface area contributed by atoms with E-state index in [-0.39, 0.29) is 6.10 Å². The topological polar surface area (TPSA) is 117 Å². The Hall–Kier alpha value is -0.400. The summed E-state index contributed by atoms with van der Waals surface area (Å²) in [5, 5.41) is 49.7. The molecule has 1 rings (SSSR count). The van der Waals surface area contributed by atoms with Crippen LogP contribution in [0.1, 0.15) is 41.0 Å². The van der Waals surface area contributed by atoms with Crippen molar-refractivity contribution >= 4 is 0 Å². The number of piperazine rings is 1. The Balaban J connectivity index is 2.59. The lowest BCUT2D eigenvalue weighted by atomic mass is 10.2. The lowest BCUT2D eigenvalue weighted by molar-refractivity contribution is 0.0541. The highest BCUT2D eigenvalue weighted by atomic mass is 16.3. The largest absolute Gasteiger partial charge is 0.392 e. The molecule has 10 heteroatoms. The van der Waals surface area contributed by atoms with Crippen LogP contribution in [0.25, 0.3) is 0 Å². The molecule has 1 aliphatic heterocycles. The second-order valence-corrected chi connectivity index (χ2v) is 11.0. The van der Waals surface area contributed by atoms with Crippen molar-refractivity contribution in [2.45, 2.75) is 71.6 Å². The molecule has 36 heavy (non-hydrogen) atoms. The fourth-order valence-corrected chi connectivity index (χ4v) is 4.81. The van der Waals surface area contributed by atoms with Crippen molar-refractivity contribution in [3.05, 3.63) is 0 Å². The smallest absolute Gasteiger partial charge is 0.0664 e. The van der Waals surface area contributed by atoms with E-state index < -0.39 is 24.4 Å². The summed E-state index contributed by atoms with van der Waals surface area (Å²) in [5.41, 5.74) is 0. The van der Waals surface area contributed by atoms with Crippen molar-refractivity contribution in [2.75, 3.05) is 98.2 Å². The second kappa shape index (κ2) is 18.8. The van der Waals surface area contributed by atoms with Gasteiger partial charge in [0.1, 0.15) is 0 Å². The van der Waals surface area contributed by atoms with Gasteiger partial charge >= 0.3 is 0 Å². The first-order valence-electron chi connectivity index (χ1n) is 14.0. The molecule has 5 N–H and O–H groups in total. The van der Waals surface area contributed by atoms with Crippen molar-refractivity contribution in [1.82, 2.24) is 24.5 Å². The van der Waals surface area contributed by atoms with Crippen LogP contribution in [0.15, 0.2) is 0 Å². The van der Waals surface area contributed by atoms with Crippen LogP contribution in [0.2, 0.25) is 0 Å². The molecule has 0 bridgehead atoms. The molecule has 5 atom stereocenters. The minimum atomic E-state index is -0.463. The fraction of sp³-hybridized carbons (Fsp3) is 1.00. The van der Waals surface area contributed by atoms with Crippen LogP contribution in [0.4, 0.5) is 0 Å². The van der Waals surface area contributed by atoms with Crippen LogP contribution in [-0.4, -0.2) is 179 Å². The number of hydrogen-bond donors (Lipinski definition) is 5.